The second-order valence-electron chi connectivity index (χ2n) is 7.88. The van der Waals surface area contributed by atoms with E-state index in [1.807, 2.05) is 0 Å². The van der Waals surface area contributed by atoms with E-state index < -0.39 is 33.3 Å². The Morgan fingerprint density at radius 2 is 1.43 bits per heavy atom. The molecule has 0 atom stereocenters. The van der Waals surface area contributed by atoms with Crippen molar-refractivity contribution in [2.45, 2.75) is 24.2 Å². The third-order valence-corrected chi connectivity index (χ3v) is 7.26. The minimum atomic E-state index is -4.61. The highest BCUT2D eigenvalue weighted by Gasteiger charge is 2.32. The number of aromatic nitrogens is 5. The van der Waals surface area contributed by atoms with Crippen LogP contribution in [0.4, 0.5) is 26.3 Å². The molecule has 0 unspecified atom stereocenters. The molecule has 0 aliphatic heterocycles. The van der Waals surface area contributed by atoms with Crippen LogP contribution in [0.15, 0.2) is 59.8 Å². The molecule has 3 aromatic heterocycles. The molecule has 0 amide bonds. The maximum absolute atomic E-state index is 13.1. The first-order valence-corrected chi connectivity index (χ1v) is 12.2. The Kier molecular flexibility index (Phi) is 6.56. The molecule has 3 heterocycles. The van der Waals surface area contributed by atoms with E-state index in [9.17, 15) is 34.8 Å². The fourth-order valence-electron chi connectivity index (χ4n) is 3.50. The largest absolute Gasteiger partial charge is 0.416 e. The summed E-state index contributed by atoms with van der Waals surface area (Å²) >= 11 is 0. The van der Waals surface area contributed by atoms with Crippen LogP contribution in [-0.4, -0.2) is 38.9 Å². The number of nitrogens with zero attached hydrogens (tertiary/aromatic N) is 5. The van der Waals surface area contributed by atoms with E-state index in [4.69, 9.17) is 0 Å². The normalized spacial score (nSPS) is 12.6. The molecular weight excluding hydrogens is 524 g/mol. The van der Waals surface area contributed by atoms with Crippen molar-refractivity contribution in [3.05, 3.63) is 66.0 Å². The summed E-state index contributed by atoms with van der Waals surface area (Å²) in [5.74, 6) is -0.437. The number of pyridine rings is 2. The van der Waals surface area contributed by atoms with Crippen LogP contribution in [0, 0.1) is 0 Å². The van der Waals surface area contributed by atoms with Gasteiger partial charge >= 0.3 is 12.4 Å². The van der Waals surface area contributed by atoms with Gasteiger partial charge in [-0.15, -0.1) is 10.2 Å². The van der Waals surface area contributed by atoms with Crippen LogP contribution >= 0.6 is 0 Å². The van der Waals surface area contributed by atoms with Gasteiger partial charge in [-0.3, -0.25) is 9.97 Å². The van der Waals surface area contributed by atoms with Crippen LogP contribution in [-0.2, 0) is 29.2 Å². The fraction of sp³-hybridized carbons (Fsp3) is 0.217. The van der Waals surface area contributed by atoms with E-state index >= 15 is 0 Å². The molecule has 0 fully saturated rings. The lowest BCUT2D eigenvalue weighted by molar-refractivity contribution is -0.138. The van der Waals surface area contributed by atoms with E-state index in [2.05, 4.69) is 20.2 Å². The average Bonchev–Trinajstić information content (AvgIpc) is 3.24. The molecule has 37 heavy (non-hydrogen) atoms. The number of sulfone groups is 1. The molecule has 0 radical (unpaired) electrons. The minimum absolute atomic E-state index is 0.0554. The molecule has 0 aliphatic carbocycles. The van der Waals surface area contributed by atoms with Crippen LogP contribution in [0.1, 0.15) is 18.1 Å². The van der Waals surface area contributed by atoms with Gasteiger partial charge in [0.05, 0.1) is 21.8 Å². The predicted molar refractivity (Wildman–Crippen MR) is 121 cm³/mol. The summed E-state index contributed by atoms with van der Waals surface area (Å²) in [6, 6.07) is 6.99. The highest BCUT2D eigenvalue weighted by Crippen LogP contribution is 2.35. The molecule has 0 saturated heterocycles. The molecule has 0 aliphatic rings. The summed E-state index contributed by atoms with van der Waals surface area (Å²) in [5.41, 5.74) is -1.53. The van der Waals surface area contributed by atoms with Crippen LogP contribution < -0.4 is 0 Å². The van der Waals surface area contributed by atoms with Crippen LogP contribution in [0.5, 0.6) is 0 Å². The lowest BCUT2D eigenvalue weighted by Gasteiger charge is -2.12. The third kappa shape index (κ3) is 5.19. The van der Waals surface area contributed by atoms with Gasteiger partial charge in [-0.25, -0.2) is 8.42 Å². The number of hydrogen-bond donors (Lipinski definition) is 0. The Morgan fingerprint density at radius 3 is 2.03 bits per heavy atom. The predicted octanol–water partition coefficient (Wildman–Crippen LogP) is 5.44. The highest BCUT2D eigenvalue weighted by molar-refractivity contribution is 7.91. The van der Waals surface area contributed by atoms with Gasteiger partial charge < -0.3 is 4.57 Å². The van der Waals surface area contributed by atoms with Crippen LogP contribution in [0.2, 0.25) is 0 Å². The fourth-order valence-corrected chi connectivity index (χ4v) is 4.56. The first-order chi connectivity index (χ1) is 17.2. The van der Waals surface area contributed by atoms with Crippen molar-refractivity contribution in [3.63, 3.8) is 0 Å². The molecular formula is C23H17F6N5O2S. The minimum Gasteiger partial charge on any atom is -0.307 e. The zero-order chi connectivity index (χ0) is 27.2. The Labute approximate surface area is 206 Å². The Balaban J connectivity index is 1.82. The molecule has 194 valence electrons. The van der Waals surface area contributed by atoms with Crippen molar-refractivity contribution in [2.24, 2.45) is 7.05 Å². The second-order valence-corrected chi connectivity index (χ2v) is 10.1. The number of benzene rings is 1. The molecule has 1 aromatic carbocycles. The van der Waals surface area contributed by atoms with Crippen molar-refractivity contribution < 1.29 is 34.8 Å². The smallest absolute Gasteiger partial charge is 0.307 e. The topological polar surface area (TPSA) is 90.6 Å². The molecule has 0 N–H and O–H groups in total. The molecule has 0 spiro atoms. The first kappa shape index (κ1) is 26.3. The Morgan fingerprint density at radius 1 is 0.811 bits per heavy atom. The SMILES string of the molecule is CCS(=O)(=O)c1cc(-c2ccc(C(F)(F)F)cc2)cnc1-c1nnc(-c2cc(C(F)(F)F)ccn2)n1C. The maximum Gasteiger partial charge on any atom is 0.416 e. The van der Waals surface area contributed by atoms with Gasteiger partial charge in [-0.2, -0.15) is 26.3 Å². The lowest BCUT2D eigenvalue weighted by atomic mass is 10.0. The van der Waals surface area contributed by atoms with E-state index in [1.165, 1.54) is 42.9 Å². The number of rotatable bonds is 5. The zero-order valence-electron chi connectivity index (χ0n) is 19.1. The molecule has 7 nitrogen and oxygen atoms in total. The van der Waals surface area contributed by atoms with Gasteiger partial charge in [0.1, 0.15) is 11.4 Å². The summed E-state index contributed by atoms with van der Waals surface area (Å²) in [7, 11) is -2.51. The Hall–Kier alpha value is -3.81. The van der Waals surface area contributed by atoms with Gasteiger partial charge in [-0.05, 0) is 35.9 Å². The summed E-state index contributed by atoms with van der Waals surface area (Å²) in [4.78, 5) is 7.87. The number of halogens is 6. The molecule has 4 aromatic rings. The van der Waals surface area contributed by atoms with E-state index in [0.717, 1.165) is 30.5 Å². The number of hydrogen-bond acceptors (Lipinski definition) is 6. The summed E-state index contributed by atoms with van der Waals surface area (Å²) in [5, 5.41) is 7.83. The van der Waals surface area contributed by atoms with Gasteiger partial charge in [-0.1, -0.05) is 19.1 Å². The highest BCUT2D eigenvalue weighted by atomic mass is 32.2. The average molecular weight is 541 g/mol. The van der Waals surface area contributed by atoms with Crippen molar-refractivity contribution in [1.29, 1.82) is 0 Å². The monoisotopic (exact) mass is 541 g/mol. The van der Waals surface area contributed by atoms with E-state index in [-0.39, 0.29) is 39.2 Å². The van der Waals surface area contributed by atoms with Crippen molar-refractivity contribution in [2.75, 3.05) is 5.75 Å². The molecule has 4 rings (SSSR count). The van der Waals surface area contributed by atoms with Crippen LogP contribution in [0.25, 0.3) is 34.2 Å². The maximum atomic E-state index is 13.1. The Bertz CT molecular complexity index is 1560. The summed E-state index contributed by atoms with van der Waals surface area (Å²) in [6.45, 7) is 1.40. The summed E-state index contributed by atoms with van der Waals surface area (Å²) < 4.78 is 105. The first-order valence-electron chi connectivity index (χ1n) is 10.6. The lowest BCUT2D eigenvalue weighted by Crippen LogP contribution is -2.10. The van der Waals surface area contributed by atoms with Gasteiger partial charge in [0.25, 0.3) is 0 Å². The standard InChI is InChI=1S/C23H17F6N5O2S/c1-3-37(35,36)18-10-14(13-4-6-15(7-5-13)22(24,25)26)12-31-19(18)21-33-32-20(34(21)2)17-11-16(8-9-30-17)23(27,28)29/h4-12H,3H2,1-2H3. The van der Waals surface area contributed by atoms with Gasteiger partial charge in [0.15, 0.2) is 21.5 Å². The van der Waals surface area contributed by atoms with Gasteiger partial charge in [0, 0.05) is 25.0 Å². The summed E-state index contributed by atoms with van der Waals surface area (Å²) in [6.07, 6.45) is -6.91. The van der Waals surface area contributed by atoms with Crippen LogP contribution in [0.3, 0.4) is 0 Å². The quantitative estimate of drug-likeness (QED) is 0.313. The number of alkyl halides is 6. The van der Waals surface area contributed by atoms with Crippen molar-refractivity contribution in [1.82, 2.24) is 24.7 Å². The van der Waals surface area contributed by atoms with E-state index in [0.29, 0.717) is 5.56 Å². The molecule has 14 heteroatoms. The van der Waals surface area contributed by atoms with Crippen molar-refractivity contribution in [3.8, 4) is 34.2 Å². The van der Waals surface area contributed by atoms with Crippen molar-refractivity contribution >= 4 is 9.84 Å². The molecule has 0 saturated carbocycles. The van der Waals surface area contributed by atoms with Gasteiger partial charge in [0.2, 0.25) is 0 Å². The molecule has 0 bridgehead atoms. The third-order valence-electron chi connectivity index (χ3n) is 5.52. The van der Waals surface area contributed by atoms with E-state index in [1.54, 1.807) is 0 Å². The zero-order valence-corrected chi connectivity index (χ0v) is 19.9. The second kappa shape index (κ2) is 9.25.